The summed E-state index contributed by atoms with van der Waals surface area (Å²) >= 11 is 0. The van der Waals surface area contributed by atoms with Gasteiger partial charge in [0, 0.05) is 7.11 Å². The van der Waals surface area contributed by atoms with Gasteiger partial charge in [-0.2, -0.15) is 0 Å². The number of ether oxygens (including phenoxy) is 4. The molecule has 0 unspecified atom stereocenters. The zero-order valence-corrected chi connectivity index (χ0v) is 13.7. The molecule has 0 aliphatic carbocycles. The second kappa shape index (κ2) is 10.6. The van der Waals surface area contributed by atoms with Crippen LogP contribution in [0.3, 0.4) is 0 Å². The van der Waals surface area contributed by atoms with E-state index in [4.69, 9.17) is 18.9 Å². The number of hydrogen-bond donors (Lipinski definition) is 0. The Labute approximate surface area is 128 Å². The second-order valence-electron chi connectivity index (χ2n) is 5.25. The lowest BCUT2D eigenvalue weighted by Gasteiger charge is -2.13. The Morgan fingerprint density at radius 2 is 1.52 bits per heavy atom. The fourth-order valence-corrected chi connectivity index (χ4v) is 1.81. The van der Waals surface area contributed by atoms with Crippen molar-refractivity contribution in [3.8, 4) is 5.75 Å². The van der Waals surface area contributed by atoms with Gasteiger partial charge in [0.25, 0.3) is 0 Å². The van der Waals surface area contributed by atoms with Gasteiger partial charge in [-0.1, -0.05) is 26.0 Å². The van der Waals surface area contributed by atoms with Crippen LogP contribution in [0.2, 0.25) is 0 Å². The molecule has 1 rings (SSSR count). The van der Waals surface area contributed by atoms with E-state index in [1.54, 1.807) is 7.11 Å². The van der Waals surface area contributed by atoms with E-state index in [0.29, 0.717) is 45.6 Å². The number of methoxy groups -OCH3 is 1. The van der Waals surface area contributed by atoms with Crippen molar-refractivity contribution < 1.29 is 18.9 Å². The van der Waals surface area contributed by atoms with Crippen molar-refractivity contribution in [2.24, 2.45) is 0 Å². The monoisotopic (exact) mass is 296 g/mol. The first-order valence-corrected chi connectivity index (χ1v) is 7.53. The van der Waals surface area contributed by atoms with E-state index in [-0.39, 0.29) is 0 Å². The van der Waals surface area contributed by atoms with E-state index in [0.717, 1.165) is 11.3 Å². The van der Waals surface area contributed by atoms with Crippen LogP contribution in [0.15, 0.2) is 18.2 Å². The minimum atomic E-state index is 0.508. The van der Waals surface area contributed by atoms with Crippen LogP contribution in [-0.4, -0.2) is 46.8 Å². The molecule has 120 valence electrons. The molecule has 1 aromatic rings. The van der Waals surface area contributed by atoms with Crippen LogP contribution in [0.25, 0.3) is 0 Å². The third-order valence-corrected chi connectivity index (χ3v) is 3.17. The third-order valence-electron chi connectivity index (χ3n) is 3.17. The van der Waals surface area contributed by atoms with Gasteiger partial charge in [-0.25, -0.2) is 0 Å². The third kappa shape index (κ3) is 7.46. The van der Waals surface area contributed by atoms with Gasteiger partial charge in [-0.15, -0.1) is 0 Å². The van der Waals surface area contributed by atoms with E-state index in [1.807, 2.05) is 0 Å². The molecular weight excluding hydrogens is 268 g/mol. The summed E-state index contributed by atoms with van der Waals surface area (Å²) in [7, 11) is 1.66. The minimum absolute atomic E-state index is 0.508. The number of benzene rings is 1. The normalized spacial score (nSPS) is 11.1. The Balaban J connectivity index is 2.16. The average molecular weight is 296 g/mol. The molecule has 4 nitrogen and oxygen atoms in total. The number of aryl methyl sites for hydroxylation is 1. The first-order chi connectivity index (χ1) is 10.1. The molecule has 0 aliphatic rings. The standard InChI is InChI=1S/C17H28O4/c1-14(2)16-6-5-15(3)17(13-16)21-12-11-20-10-9-19-8-7-18-4/h5-6,13-14H,7-12H2,1-4H3. The highest BCUT2D eigenvalue weighted by atomic mass is 16.6. The largest absolute Gasteiger partial charge is 0.491 e. The second-order valence-corrected chi connectivity index (χ2v) is 5.25. The van der Waals surface area contributed by atoms with Crippen LogP contribution in [0.5, 0.6) is 5.75 Å². The van der Waals surface area contributed by atoms with Crippen molar-refractivity contribution in [3.05, 3.63) is 29.3 Å². The van der Waals surface area contributed by atoms with Crippen molar-refractivity contribution in [1.29, 1.82) is 0 Å². The van der Waals surface area contributed by atoms with Gasteiger partial charge >= 0.3 is 0 Å². The molecular formula is C17H28O4. The van der Waals surface area contributed by atoms with Crippen molar-refractivity contribution in [1.82, 2.24) is 0 Å². The van der Waals surface area contributed by atoms with Crippen molar-refractivity contribution in [2.45, 2.75) is 26.7 Å². The molecule has 0 fully saturated rings. The predicted octanol–water partition coefficient (Wildman–Crippen LogP) is 3.18. The minimum Gasteiger partial charge on any atom is -0.491 e. The molecule has 0 aliphatic heterocycles. The van der Waals surface area contributed by atoms with E-state index >= 15 is 0 Å². The molecule has 0 bridgehead atoms. The Bertz CT molecular complexity index is 390. The molecule has 0 N–H and O–H groups in total. The van der Waals surface area contributed by atoms with E-state index in [9.17, 15) is 0 Å². The molecule has 21 heavy (non-hydrogen) atoms. The van der Waals surface area contributed by atoms with Crippen LogP contribution in [0, 0.1) is 6.92 Å². The number of rotatable bonds is 11. The van der Waals surface area contributed by atoms with Gasteiger partial charge in [0.15, 0.2) is 0 Å². The quantitative estimate of drug-likeness (QED) is 0.588. The lowest BCUT2D eigenvalue weighted by atomic mass is 10.0. The van der Waals surface area contributed by atoms with Crippen molar-refractivity contribution in [2.75, 3.05) is 46.8 Å². The summed E-state index contributed by atoms with van der Waals surface area (Å²) in [5.41, 5.74) is 2.45. The first-order valence-electron chi connectivity index (χ1n) is 7.53. The van der Waals surface area contributed by atoms with Crippen molar-refractivity contribution in [3.63, 3.8) is 0 Å². The van der Waals surface area contributed by atoms with Crippen LogP contribution in [-0.2, 0) is 14.2 Å². The summed E-state index contributed by atoms with van der Waals surface area (Å²) in [6, 6.07) is 6.38. The van der Waals surface area contributed by atoms with Gasteiger partial charge in [0.1, 0.15) is 12.4 Å². The summed E-state index contributed by atoms with van der Waals surface area (Å²) in [5, 5.41) is 0. The van der Waals surface area contributed by atoms with E-state index in [2.05, 4.69) is 39.0 Å². The van der Waals surface area contributed by atoms with Gasteiger partial charge in [-0.05, 0) is 30.0 Å². The Morgan fingerprint density at radius 1 is 0.905 bits per heavy atom. The van der Waals surface area contributed by atoms with Gasteiger partial charge in [-0.3, -0.25) is 0 Å². The molecule has 1 aromatic carbocycles. The summed E-state index contributed by atoms with van der Waals surface area (Å²) in [4.78, 5) is 0. The molecule has 0 radical (unpaired) electrons. The van der Waals surface area contributed by atoms with Crippen LogP contribution >= 0.6 is 0 Å². The zero-order valence-electron chi connectivity index (χ0n) is 13.7. The maximum absolute atomic E-state index is 5.79. The van der Waals surface area contributed by atoms with Crippen LogP contribution in [0.4, 0.5) is 0 Å². The van der Waals surface area contributed by atoms with Gasteiger partial charge in [0.05, 0.1) is 33.0 Å². The zero-order chi connectivity index (χ0) is 15.5. The molecule has 0 spiro atoms. The molecule has 0 heterocycles. The SMILES string of the molecule is COCCOCCOCCOc1cc(C(C)C)ccc1C. The average Bonchev–Trinajstić information content (AvgIpc) is 2.47. The summed E-state index contributed by atoms with van der Waals surface area (Å²) < 4.78 is 21.4. The summed E-state index contributed by atoms with van der Waals surface area (Å²) in [5.74, 6) is 1.45. The Hall–Kier alpha value is -1.10. The molecule has 0 saturated heterocycles. The molecule has 0 atom stereocenters. The summed E-state index contributed by atoms with van der Waals surface area (Å²) in [6.07, 6.45) is 0. The van der Waals surface area contributed by atoms with Crippen molar-refractivity contribution >= 4 is 0 Å². The first kappa shape index (κ1) is 18.0. The molecule has 4 heteroatoms. The topological polar surface area (TPSA) is 36.9 Å². The Kier molecular flexibility index (Phi) is 9.06. The molecule has 0 amide bonds. The highest BCUT2D eigenvalue weighted by molar-refractivity contribution is 5.37. The smallest absolute Gasteiger partial charge is 0.122 e. The Morgan fingerprint density at radius 3 is 2.14 bits per heavy atom. The maximum Gasteiger partial charge on any atom is 0.122 e. The maximum atomic E-state index is 5.79. The highest BCUT2D eigenvalue weighted by Crippen LogP contribution is 2.24. The van der Waals surface area contributed by atoms with Gasteiger partial charge < -0.3 is 18.9 Å². The lowest BCUT2D eigenvalue weighted by Crippen LogP contribution is -2.12. The molecule has 0 aromatic heterocycles. The van der Waals surface area contributed by atoms with E-state index < -0.39 is 0 Å². The van der Waals surface area contributed by atoms with Gasteiger partial charge in [0.2, 0.25) is 0 Å². The lowest BCUT2D eigenvalue weighted by molar-refractivity contribution is 0.0179. The van der Waals surface area contributed by atoms with Crippen LogP contribution in [0.1, 0.15) is 30.9 Å². The fourth-order valence-electron chi connectivity index (χ4n) is 1.81. The predicted molar refractivity (Wildman–Crippen MR) is 84.3 cm³/mol. The fraction of sp³-hybridized carbons (Fsp3) is 0.647. The summed E-state index contributed by atoms with van der Waals surface area (Å²) in [6.45, 7) is 9.95. The highest BCUT2D eigenvalue weighted by Gasteiger charge is 2.04. The number of hydrogen-bond acceptors (Lipinski definition) is 4. The molecule has 0 saturated carbocycles. The van der Waals surface area contributed by atoms with Crippen LogP contribution < -0.4 is 4.74 Å². The van der Waals surface area contributed by atoms with E-state index in [1.165, 1.54) is 5.56 Å².